The molecule has 4 rings (SSSR count). The molecule has 0 bridgehead atoms. The number of hydrogen-bond donors (Lipinski definition) is 0. The van der Waals surface area contributed by atoms with Gasteiger partial charge in [0, 0.05) is 17.5 Å². The van der Waals surface area contributed by atoms with Crippen molar-refractivity contribution >= 4 is 28.9 Å². The third-order valence-electron chi connectivity index (χ3n) is 3.58. The first-order valence-electron chi connectivity index (χ1n) is 6.70. The van der Waals surface area contributed by atoms with Crippen LogP contribution in [0.5, 0.6) is 0 Å². The van der Waals surface area contributed by atoms with Crippen LogP contribution in [0.15, 0.2) is 51.2 Å². The lowest BCUT2D eigenvalue weighted by molar-refractivity contribution is 0.110. The summed E-state index contributed by atoms with van der Waals surface area (Å²) in [6.45, 7) is 1.83. The highest BCUT2D eigenvalue weighted by Gasteiger charge is 2.26. The van der Waals surface area contributed by atoms with Crippen molar-refractivity contribution in [3.8, 4) is 11.3 Å². The molecule has 0 atom stereocenters. The van der Waals surface area contributed by atoms with Crippen LogP contribution in [0.3, 0.4) is 0 Å². The number of hydrogen-bond acceptors (Lipinski definition) is 5. The molecule has 2 aromatic rings. The molecule has 2 aliphatic heterocycles. The summed E-state index contributed by atoms with van der Waals surface area (Å²) in [5.41, 5.74) is 3.34. The fraction of sp³-hybridized carbons (Fsp3) is 0.125. The summed E-state index contributed by atoms with van der Waals surface area (Å²) in [5.74, 6) is 1.06. The van der Waals surface area contributed by atoms with Crippen LogP contribution in [0.4, 0.5) is 0 Å². The van der Waals surface area contributed by atoms with Gasteiger partial charge in [0.05, 0.1) is 12.2 Å². The number of carbonyl (C=O) groups excluding carboxylic acids is 1. The lowest BCUT2D eigenvalue weighted by Crippen LogP contribution is -2.19. The quantitative estimate of drug-likeness (QED) is 0.814. The Balaban J connectivity index is 1.62. The van der Waals surface area contributed by atoms with Gasteiger partial charge in [0.15, 0.2) is 17.2 Å². The van der Waals surface area contributed by atoms with E-state index in [-0.39, 0.29) is 0 Å². The minimum absolute atomic E-state index is 0.349. The van der Waals surface area contributed by atoms with Crippen LogP contribution in [-0.4, -0.2) is 29.4 Å². The van der Waals surface area contributed by atoms with Crippen LogP contribution in [0.1, 0.15) is 16.1 Å². The molecule has 104 valence electrons. The molecule has 3 heterocycles. The van der Waals surface area contributed by atoms with E-state index in [1.165, 1.54) is 11.3 Å². The average Bonchev–Trinajstić information content (AvgIpc) is 3.23. The van der Waals surface area contributed by atoms with E-state index in [9.17, 15) is 4.79 Å². The predicted molar refractivity (Wildman–Crippen MR) is 84.1 cm³/mol. The lowest BCUT2D eigenvalue weighted by atomic mass is 10.1. The Bertz CT molecular complexity index is 759. The van der Waals surface area contributed by atoms with Crippen LogP contribution >= 0.6 is 11.8 Å². The van der Waals surface area contributed by atoms with E-state index in [2.05, 4.69) is 27.4 Å². The smallest absolute Gasteiger partial charge is 0.185 e. The highest BCUT2D eigenvalue weighted by atomic mass is 32.2. The highest BCUT2D eigenvalue weighted by Crippen LogP contribution is 2.35. The van der Waals surface area contributed by atoms with E-state index in [0.717, 1.165) is 23.8 Å². The van der Waals surface area contributed by atoms with Gasteiger partial charge in [-0.25, -0.2) is 0 Å². The molecule has 1 aromatic carbocycles. The van der Waals surface area contributed by atoms with Crippen molar-refractivity contribution in [1.82, 2.24) is 4.90 Å². The Hall–Kier alpha value is -2.27. The van der Waals surface area contributed by atoms with E-state index >= 15 is 0 Å². The first-order chi connectivity index (χ1) is 10.3. The Morgan fingerprint density at radius 2 is 1.95 bits per heavy atom. The minimum atomic E-state index is 0.349. The number of aldehydes is 1. The number of carbonyl (C=O) groups is 1. The molecule has 0 saturated heterocycles. The second kappa shape index (κ2) is 4.93. The Morgan fingerprint density at radius 3 is 2.71 bits per heavy atom. The third kappa shape index (κ3) is 2.10. The van der Waals surface area contributed by atoms with Gasteiger partial charge in [-0.05, 0) is 17.7 Å². The molecule has 0 amide bonds. The van der Waals surface area contributed by atoms with Crippen LogP contribution < -0.4 is 0 Å². The number of furan rings is 1. The van der Waals surface area contributed by atoms with Crippen LogP contribution in [0.25, 0.3) is 17.0 Å². The number of nitrogens with zero attached hydrogens (tertiary/aromatic N) is 2. The molecule has 1 aromatic heterocycles. The van der Waals surface area contributed by atoms with Gasteiger partial charge in [-0.3, -0.25) is 9.79 Å². The minimum Gasteiger partial charge on any atom is -0.453 e. The highest BCUT2D eigenvalue weighted by molar-refractivity contribution is 8.16. The monoisotopic (exact) mass is 296 g/mol. The summed E-state index contributed by atoms with van der Waals surface area (Å²) >= 11 is 1.68. The van der Waals surface area contributed by atoms with Gasteiger partial charge in [-0.2, -0.15) is 0 Å². The number of aliphatic imine (C=N–C) groups is 1. The fourth-order valence-electron chi connectivity index (χ4n) is 2.52. The average molecular weight is 296 g/mol. The first kappa shape index (κ1) is 12.5. The molecule has 21 heavy (non-hydrogen) atoms. The van der Waals surface area contributed by atoms with E-state index < -0.39 is 0 Å². The second-order valence-electron chi connectivity index (χ2n) is 4.83. The topological polar surface area (TPSA) is 45.8 Å². The fourth-order valence-corrected chi connectivity index (χ4v) is 3.49. The zero-order valence-electron chi connectivity index (χ0n) is 11.2. The number of thioether (sulfide) groups is 1. The molecule has 2 aliphatic rings. The Morgan fingerprint density at radius 1 is 1.14 bits per heavy atom. The van der Waals surface area contributed by atoms with Crippen LogP contribution in [0, 0.1) is 0 Å². The van der Waals surface area contributed by atoms with Crippen molar-refractivity contribution in [2.45, 2.75) is 0 Å². The molecular weight excluding hydrogens is 284 g/mol. The zero-order chi connectivity index (χ0) is 14.2. The van der Waals surface area contributed by atoms with Crippen molar-refractivity contribution in [3.05, 3.63) is 53.1 Å². The van der Waals surface area contributed by atoms with Crippen LogP contribution in [0.2, 0.25) is 0 Å². The normalized spacial score (nSPS) is 16.7. The van der Waals surface area contributed by atoms with Gasteiger partial charge in [0.2, 0.25) is 0 Å². The van der Waals surface area contributed by atoms with E-state index in [4.69, 9.17) is 4.42 Å². The van der Waals surface area contributed by atoms with Crippen molar-refractivity contribution in [3.63, 3.8) is 0 Å². The maximum Gasteiger partial charge on any atom is 0.185 e. The molecule has 5 heteroatoms. The third-order valence-corrected chi connectivity index (χ3v) is 4.48. The molecule has 0 fully saturated rings. The predicted octanol–water partition coefficient (Wildman–Crippen LogP) is 3.48. The number of rotatable bonds is 3. The summed E-state index contributed by atoms with van der Waals surface area (Å²) in [6.07, 6.45) is 0.715. The summed E-state index contributed by atoms with van der Waals surface area (Å²) in [6, 6.07) is 11.7. The van der Waals surface area contributed by atoms with Gasteiger partial charge in [0.25, 0.3) is 0 Å². The number of amidine groups is 1. The van der Waals surface area contributed by atoms with Gasteiger partial charge in [-0.15, -0.1) is 0 Å². The molecule has 0 saturated carbocycles. The molecule has 0 radical (unpaired) electrons. The lowest BCUT2D eigenvalue weighted by Gasteiger charge is -2.16. The maximum atomic E-state index is 10.7. The van der Waals surface area contributed by atoms with Crippen molar-refractivity contribution in [1.29, 1.82) is 0 Å². The van der Waals surface area contributed by atoms with Gasteiger partial charge >= 0.3 is 0 Å². The summed E-state index contributed by atoms with van der Waals surface area (Å²) < 4.78 is 5.44. The molecular formula is C16H12N2O2S. The number of benzene rings is 1. The SMILES string of the molecule is O=Cc1ccc(-c2ccc(C3=CSC4=NCCN34)cc2)o1. The molecule has 4 nitrogen and oxygen atoms in total. The maximum absolute atomic E-state index is 10.7. The first-order valence-corrected chi connectivity index (χ1v) is 7.58. The summed E-state index contributed by atoms with van der Waals surface area (Å²) in [4.78, 5) is 17.4. The zero-order valence-corrected chi connectivity index (χ0v) is 12.0. The van der Waals surface area contributed by atoms with Crippen molar-refractivity contribution in [2.75, 3.05) is 13.1 Å². The second-order valence-corrected chi connectivity index (χ2v) is 5.67. The van der Waals surface area contributed by atoms with Gasteiger partial charge < -0.3 is 9.32 Å². The molecule has 0 unspecified atom stereocenters. The molecule has 0 spiro atoms. The van der Waals surface area contributed by atoms with Gasteiger partial charge in [-0.1, -0.05) is 36.0 Å². The largest absolute Gasteiger partial charge is 0.453 e. The molecule has 0 N–H and O–H groups in total. The van der Waals surface area contributed by atoms with Crippen molar-refractivity contribution < 1.29 is 9.21 Å². The van der Waals surface area contributed by atoms with Crippen LogP contribution in [-0.2, 0) is 0 Å². The Labute approximate surface area is 126 Å². The molecule has 0 aliphatic carbocycles. The van der Waals surface area contributed by atoms with E-state index in [1.807, 2.05) is 18.2 Å². The summed E-state index contributed by atoms with van der Waals surface area (Å²) in [7, 11) is 0. The van der Waals surface area contributed by atoms with Crippen molar-refractivity contribution in [2.24, 2.45) is 4.99 Å². The summed E-state index contributed by atoms with van der Waals surface area (Å²) in [5, 5.41) is 3.24. The number of fused-ring (bicyclic) bond motifs is 1. The van der Waals surface area contributed by atoms with E-state index in [1.54, 1.807) is 17.8 Å². The van der Waals surface area contributed by atoms with Gasteiger partial charge in [0.1, 0.15) is 5.76 Å². The standard InChI is InChI=1S/C16H12N2O2S/c19-9-13-5-6-15(20-13)12-3-1-11(2-4-12)14-10-21-16-17-7-8-18(14)16/h1-6,9-10H,7-8H2. The van der Waals surface area contributed by atoms with E-state index in [0.29, 0.717) is 17.8 Å². The Kier molecular flexibility index (Phi) is 2.93.